The molecule has 0 aliphatic rings. The van der Waals surface area contributed by atoms with Crippen molar-refractivity contribution >= 4 is 39.5 Å². The fraction of sp³-hybridized carbons (Fsp3) is 0.944. The van der Waals surface area contributed by atoms with Gasteiger partial charge in [-0.15, -0.1) is 0 Å². The molecule has 0 bridgehead atoms. The van der Waals surface area contributed by atoms with Crippen LogP contribution in [0.5, 0.6) is 0 Å². The van der Waals surface area contributed by atoms with Crippen molar-refractivity contribution in [1.29, 1.82) is 0 Å². The van der Waals surface area contributed by atoms with Gasteiger partial charge < -0.3 is 33.8 Å². The maximum Gasteiger partial charge on any atom is 0.472 e. The summed E-state index contributed by atoms with van der Waals surface area (Å²) in [6, 6.07) is 0. The maximum absolute atomic E-state index is 13.0. The number of ether oxygens (including phenoxy) is 4. The summed E-state index contributed by atoms with van der Waals surface area (Å²) < 4.78 is 68.3. The van der Waals surface area contributed by atoms with Crippen LogP contribution in [0.2, 0.25) is 0 Å². The molecule has 0 saturated heterocycles. The Morgan fingerprint density at radius 2 is 0.511 bits per heavy atom. The van der Waals surface area contributed by atoms with Crippen molar-refractivity contribution in [1.82, 2.24) is 0 Å². The second kappa shape index (κ2) is 63.1. The number of carbonyl (C=O) groups excluding carboxylic acids is 4. The van der Waals surface area contributed by atoms with E-state index in [0.29, 0.717) is 25.7 Å². The van der Waals surface area contributed by atoms with Crippen molar-refractivity contribution in [3.63, 3.8) is 0 Å². The van der Waals surface area contributed by atoms with Gasteiger partial charge in [0.15, 0.2) is 12.2 Å². The van der Waals surface area contributed by atoms with Crippen LogP contribution in [-0.2, 0) is 65.4 Å². The van der Waals surface area contributed by atoms with Crippen LogP contribution >= 0.6 is 15.6 Å². The number of carbonyl (C=O) groups is 4. The highest BCUT2D eigenvalue weighted by molar-refractivity contribution is 7.47. The van der Waals surface area contributed by atoms with E-state index in [0.717, 1.165) is 108 Å². The minimum Gasteiger partial charge on any atom is -0.462 e. The van der Waals surface area contributed by atoms with E-state index in [1.54, 1.807) is 0 Å². The third-order valence-corrected chi connectivity index (χ3v) is 18.4. The van der Waals surface area contributed by atoms with Crippen molar-refractivity contribution in [2.75, 3.05) is 39.6 Å². The molecule has 19 heteroatoms. The van der Waals surface area contributed by atoms with E-state index in [-0.39, 0.29) is 25.7 Å². The van der Waals surface area contributed by atoms with Crippen molar-refractivity contribution in [2.24, 2.45) is 11.8 Å². The minimum atomic E-state index is -4.95. The van der Waals surface area contributed by atoms with Gasteiger partial charge >= 0.3 is 39.5 Å². The van der Waals surface area contributed by atoms with Crippen molar-refractivity contribution in [2.45, 2.75) is 381 Å². The molecule has 0 aliphatic carbocycles. The lowest BCUT2D eigenvalue weighted by Crippen LogP contribution is -2.30. The van der Waals surface area contributed by atoms with Crippen LogP contribution in [0.25, 0.3) is 0 Å². The standard InChI is InChI=1S/C71H138O17P2/c1-7-9-11-13-15-17-23-31-37-43-49-55-70(75)87-66(59-81-68(73)53-47-41-35-16-14-12-10-8-2)61-85-89(77,78)83-57-65(72)58-84-90(79,80)86-62-67(60-82-69(74)54-48-42-36-30-26-22-21-25-29-34-40-46-52-64(5)6)88-71(76)56-50-44-38-32-27-20-18-19-24-28-33-39-45-51-63(3)4/h63-67,72H,7-62H2,1-6H3,(H,77,78)(H,79,80)/t65-,66+,67+/m0/s1. The molecule has 0 amide bonds. The number of phosphoric ester groups is 2. The summed E-state index contributed by atoms with van der Waals surface area (Å²) in [5.41, 5.74) is 0. The highest BCUT2D eigenvalue weighted by Gasteiger charge is 2.30. The Balaban J connectivity index is 5.22. The molecule has 3 N–H and O–H groups in total. The lowest BCUT2D eigenvalue weighted by atomic mass is 10.0. The lowest BCUT2D eigenvalue weighted by Gasteiger charge is -2.21. The van der Waals surface area contributed by atoms with E-state index in [4.69, 9.17) is 37.0 Å². The molecule has 0 fully saturated rings. The van der Waals surface area contributed by atoms with Gasteiger partial charge in [0.2, 0.25) is 0 Å². The molecule has 0 aliphatic heterocycles. The van der Waals surface area contributed by atoms with Gasteiger partial charge in [0.05, 0.1) is 26.4 Å². The Bertz CT molecular complexity index is 1750. The number of unbranched alkanes of at least 4 members (excludes halogenated alkanes) is 40. The van der Waals surface area contributed by atoms with E-state index >= 15 is 0 Å². The number of aliphatic hydroxyl groups excluding tert-OH is 1. The molecule has 90 heavy (non-hydrogen) atoms. The number of phosphoric acid groups is 2. The summed E-state index contributed by atoms with van der Waals surface area (Å²) in [6.45, 7) is 9.56. The summed E-state index contributed by atoms with van der Waals surface area (Å²) in [7, 11) is -9.90. The average Bonchev–Trinajstić information content (AvgIpc) is 3.36. The molecule has 17 nitrogen and oxygen atoms in total. The first kappa shape index (κ1) is 88.1. The van der Waals surface area contributed by atoms with Gasteiger partial charge in [-0.1, -0.05) is 311 Å². The van der Waals surface area contributed by atoms with E-state index in [1.165, 1.54) is 173 Å². The number of hydrogen-bond acceptors (Lipinski definition) is 15. The number of esters is 4. The average molecular weight is 1330 g/mol. The van der Waals surface area contributed by atoms with Gasteiger partial charge in [0.25, 0.3) is 0 Å². The van der Waals surface area contributed by atoms with Gasteiger partial charge in [0.1, 0.15) is 19.3 Å². The summed E-state index contributed by atoms with van der Waals surface area (Å²) in [4.78, 5) is 72.5. The zero-order valence-corrected chi connectivity index (χ0v) is 60.2. The van der Waals surface area contributed by atoms with Crippen molar-refractivity contribution in [3.8, 4) is 0 Å². The molecule has 0 spiro atoms. The van der Waals surface area contributed by atoms with Gasteiger partial charge in [-0.05, 0) is 37.5 Å². The molecule has 534 valence electrons. The van der Waals surface area contributed by atoms with Gasteiger partial charge in [-0.3, -0.25) is 37.3 Å². The molecule has 0 radical (unpaired) electrons. The topological polar surface area (TPSA) is 237 Å². The van der Waals surface area contributed by atoms with E-state index < -0.39 is 97.5 Å². The van der Waals surface area contributed by atoms with Crippen LogP contribution in [0.3, 0.4) is 0 Å². The van der Waals surface area contributed by atoms with Crippen molar-refractivity contribution in [3.05, 3.63) is 0 Å². The zero-order chi connectivity index (χ0) is 66.5. The molecule has 5 atom stereocenters. The first-order chi connectivity index (χ1) is 43.4. The van der Waals surface area contributed by atoms with Crippen LogP contribution in [0.1, 0.15) is 363 Å². The molecular formula is C71H138O17P2. The Morgan fingerprint density at radius 1 is 0.300 bits per heavy atom. The smallest absolute Gasteiger partial charge is 0.462 e. The van der Waals surface area contributed by atoms with E-state index in [1.807, 2.05) is 0 Å². The van der Waals surface area contributed by atoms with Crippen LogP contribution in [0.4, 0.5) is 0 Å². The third kappa shape index (κ3) is 64.8. The van der Waals surface area contributed by atoms with Gasteiger partial charge in [-0.25, -0.2) is 9.13 Å². The zero-order valence-electron chi connectivity index (χ0n) is 58.4. The molecule has 0 saturated carbocycles. The molecule has 0 aromatic heterocycles. The SMILES string of the molecule is CCCCCCCCCCCCCC(=O)O[C@H](COC(=O)CCCCCCCCCC)COP(=O)(O)OC[C@H](O)COP(=O)(O)OC[C@@H](COC(=O)CCCCCCCCCCCCCCC(C)C)OC(=O)CCCCCCCCCCCCCCCC(C)C. The Labute approximate surface area is 549 Å². The highest BCUT2D eigenvalue weighted by Crippen LogP contribution is 2.45. The fourth-order valence-corrected chi connectivity index (χ4v) is 12.3. The summed E-state index contributed by atoms with van der Waals surface area (Å²) >= 11 is 0. The molecular weight excluding hydrogens is 1190 g/mol. The second-order valence-corrected chi connectivity index (χ2v) is 29.5. The van der Waals surface area contributed by atoms with E-state index in [2.05, 4.69) is 41.5 Å². The number of hydrogen-bond donors (Lipinski definition) is 3. The predicted molar refractivity (Wildman–Crippen MR) is 363 cm³/mol. The van der Waals surface area contributed by atoms with Crippen molar-refractivity contribution < 1.29 is 80.2 Å². The Morgan fingerprint density at radius 3 is 0.756 bits per heavy atom. The molecule has 0 aromatic rings. The second-order valence-electron chi connectivity index (χ2n) is 26.6. The minimum absolute atomic E-state index is 0.107. The molecule has 0 aromatic carbocycles. The maximum atomic E-state index is 13.0. The summed E-state index contributed by atoms with van der Waals surface area (Å²) in [6.07, 6.45) is 48.5. The first-order valence-corrected chi connectivity index (χ1v) is 40.0. The normalized spacial score (nSPS) is 14.1. The fourth-order valence-electron chi connectivity index (χ4n) is 10.8. The van der Waals surface area contributed by atoms with E-state index in [9.17, 15) is 43.2 Å². The lowest BCUT2D eigenvalue weighted by molar-refractivity contribution is -0.161. The summed E-state index contributed by atoms with van der Waals surface area (Å²) in [5, 5.41) is 10.6. The third-order valence-electron chi connectivity index (χ3n) is 16.5. The van der Waals surface area contributed by atoms with Crippen LogP contribution in [0.15, 0.2) is 0 Å². The molecule has 0 rings (SSSR count). The molecule has 2 unspecified atom stereocenters. The summed E-state index contributed by atoms with van der Waals surface area (Å²) in [5.74, 6) is -0.555. The number of rotatable bonds is 70. The quantitative estimate of drug-likeness (QED) is 0.0222. The number of aliphatic hydroxyl groups is 1. The molecule has 0 heterocycles. The first-order valence-electron chi connectivity index (χ1n) is 37.0. The Hall–Kier alpha value is -1.94. The van der Waals surface area contributed by atoms with Crippen LogP contribution in [0, 0.1) is 11.8 Å². The van der Waals surface area contributed by atoms with Crippen LogP contribution in [-0.4, -0.2) is 96.7 Å². The predicted octanol–water partition coefficient (Wildman–Crippen LogP) is 20.4. The van der Waals surface area contributed by atoms with Gasteiger partial charge in [-0.2, -0.15) is 0 Å². The highest BCUT2D eigenvalue weighted by atomic mass is 31.2. The largest absolute Gasteiger partial charge is 0.472 e. The monoisotopic (exact) mass is 1320 g/mol. The van der Waals surface area contributed by atoms with Crippen LogP contribution < -0.4 is 0 Å². The Kier molecular flexibility index (Phi) is 61.8. The van der Waals surface area contributed by atoms with Gasteiger partial charge in [0, 0.05) is 25.7 Å².